The zero-order valence-corrected chi connectivity index (χ0v) is 18.9. The largest absolute Gasteiger partial charge is 0.492 e. The number of benzene rings is 1. The second kappa shape index (κ2) is 12.5. The minimum absolute atomic E-state index is 0.00135. The van der Waals surface area contributed by atoms with Crippen molar-refractivity contribution in [2.75, 3.05) is 65.0 Å². The summed E-state index contributed by atoms with van der Waals surface area (Å²) >= 11 is 0. The highest BCUT2D eigenvalue weighted by molar-refractivity contribution is 5.96. The Morgan fingerprint density at radius 3 is 2.44 bits per heavy atom. The normalized spacial score (nSPS) is 13.8. The number of nitrogens with two attached hydrogens (primary N) is 1. The molecule has 2 aromatic rings. The Balaban J connectivity index is 0.000000654. The van der Waals surface area contributed by atoms with Crippen molar-refractivity contribution in [3.05, 3.63) is 30.0 Å². The lowest BCUT2D eigenvalue weighted by Gasteiger charge is -2.22. The maximum Gasteiger partial charge on any atom is 0.322 e. The van der Waals surface area contributed by atoms with Crippen LogP contribution in [0.25, 0.3) is 0 Å². The monoisotopic (exact) mass is 449 g/mol. The van der Waals surface area contributed by atoms with Gasteiger partial charge in [0.25, 0.3) is 5.91 Å². The molecule has 0 unspecified atom stereocenters. The Morgan fingerprint density at radius 2 is 1.81 bits per heavy atom. The van der Waals surface area contributed by atoms with E-state index in [1.807, 2.05) is 33.2 Å². The van der Waals surface area contributed by atoms with Gasteiger partial charge in [-0.1, -0.05) is 12.1 Å². The Kier molecular flexibility index (Phi) is 9.70. The SMILES string of the molecule is CCOc1ccccc1NC(=O)N1CCCN(C(=O)c2nonc2N)CC1.CON(C)C. The lowest BCUT2D eigenvalue weighted by molar-refractivity contribution is -0.0855. The quantitative estimate of drug-likeness (QED) is 0.651. The van der Waals surface area contributed by atoms with Crippen LogP contribution in [0.2, 0.25) is 0 Å². The zero-order valence-electron chi connectivity index (χ0n) is 18.9. The second-order valence-corrected chi connectivity index (χ2v) is 6.99. The van der Waals surface area contributed by atoms with E-state index >= 15 is 0 Å². The molecular formula is C20H31N7O5. The van der Waals surface area contributed by atoms with Crippen molar-refractivity contribution < 1.29 is 23.8 Å². The van der Waals surface area contributed by atoms with Crippen LogP contribution in [0, 0.1) is 0 Å². The van der Waals surface area contributed by atoms with E-state index in [0.717, 1.165) is 0 Å². The molecule has 3 rings (SSSR count). The van der Waals surface area contributed by atoms with Gasteiger partial charge in [0, 0.05) is 40.3 Å². The standard InChI is InChI=1S/C17H22N6O4.C3H9NO/c1-2-26-13-7-4-3-6-12(13)19-17(25)23-9-5-8-22(10-11-23)16(24)14-15(18)21-27-20-14;1-4(2)5-3/h3-4,6-7H,2,5,8-11H2,1H3,(H2,18,21)(H,19,25);1-3H3. The molecule has 0 atom stereocenters. The number of para-hydroxylation sites is 2. The lowest BCUT2D eigenvalue weighted by atomic mass is 10.3. The molecule has 32 heavy (non-hydrogen) atoms. The van der Waals surface area contributed by atoms with Crippen LogP contribution in [0.3, 0.4) is 0 Å². The van der Waals surface area contributed by atoms with Gasteiger partial charge < -0.3 is 30.4 Å². The summed E-state index contributed by atoms with van der Waals surface area (Å²) in [7, 11) is 5.29. The first-order chi connectivity index (χ1) is 15.4. The van der Waals surface area contributed by atoms with Gasteiger partial charge in [0.2, 0.25) is 11.5 Å². The maximum atomic E-state index is 12.6. The van der Waals surface area contributed by atoms with Gasteiger partial charge in [0.15, 0.2) is 0 Å². The highest BCUT2D eigenvalue weighted by atomic mass is 16.7. The summed E-state index contributed by atoms with van der Waals surface area (Å²) in [4.78, 5) is 32.9. The number of nitrogens with zero attached hydrogens (tertiary/aromatic N) is 5. The molecule has 1 aliphatic rings. The molecule has 176 valence electrons. The highest BCUT2D eigenvalue weighted by Gasteiger charge is 2.26. The van der Waals surface area contributed by atoms with Gasteiger partial charge in [0.05, 0.1) is 19.4 Å². The van der Waals surface area contributed by atoms with E-state index in [0.29, 0.717) is 50.6 Å². The number of carbonyl (C=O) groups excluding carboxylic acids is 2. The first kappa shape index (κ1) is 24.9. The van der Waals surface area contributed by atoms with Crippen LogP contribution in [0.5, 0.6) is 5.75 Å². The minimum Gasteiger partial charge on any atom is -0.492 e. The third kappa shape index (κ3) is 7.10. The molecule has 0 saturated carbocycles. The van der Waals surface area contributed by atoms with E-state index < -0.39 is 0 Å². The molecule has 0 bridgehead atoms. The van der Waals surface area contributed by atoms with Crippen molar-refractivity contribution in [1.82, 2.24) is 25.2 Å². The number of hydrogen-bond donors (Lipinski definition) is 2. The van der Waals surface area contributed by atoms with E-state index in [2.05, 4.69) is 25.1 Å². The van der Waals surface area contributed by atoms with E-state index in [-0.39, 0.29) is 23.5 Å². The van der Waals surface area contributed by atoms with Crippen molar-refractivity contribution in [3.63, 3.8) is 0 Å². The van der Waals surface area contributed by atoms with Gasteiger partial charge in [0.1, 0.15) is 5.75 Å². The number of hydroxylamine groups is 2. The topological polar surface area (TPSA) is 139 Å². The fraction of sp³-hybridized carbons (Fsp3) is 0.500. The van der Waals surface area contributed by atoms with Crippen molar-refractivity contribution in [2.45, 2.75) is 13.3 Å². The van der Waals surface area contributed by atoms with Gasteiger partial charge >= 0.3 is 6.03 Å². The van der Waals surface area contributed by atoms with E-state index in [1.165, 1.54) is 0 Å². The van der Waals surface area contributed by atoms with Gasteiger partial charge in [-0.25, -0.2) is 9.42 Å². The summed E-state index contributed by atoms with van der Waals surface area (Å²) in [6.45, 7) is 4.17. The molecule has 3 N–H and O–H groups in total. The first-order valence-corrected chi connectivity index (χ1v) is 10.2. The molecule has 0 spiro atoms. The average Bonchev–Trinajstić information content (AvgIpc) is 3.06. The first-order valence-electron chi connectivity index (χ1n) is 10.2. The molecular weight excluding hydrogens is 418 g/mol. The molecule has 1 aromatic carbocycles. The smallest absolute Gasteiger partial charge is 0.322 e. The predicted octanol–water partition coefficient (Wildman–Crippen LogP) is 1.54. The summed E-state index contributed by atoms with van der Waals surface area (Å²) in [5, 5.41) is 11.5. The summed E-state index contributed by atoms with van der Waals surface area (Å²) in [5.74, 6) is 0.234. The Morgan fingerprint density at radius 1 is 1.16 bits per heavy atom. The van der Waals surface area contributed by atoms with Gasteiger partial charge in [-0.15, -0.1) is 0 Å². The molecule has 12 nitrogen and oxygen atoms in total. The van der Waals surface area contributed by atoms with Gasteiger partial charge in [-0.2, -0.15) is 5.06 Å². The third-order valence-corrected chi connectivity index (χ3v) is 4.58. The number of anilines is 2. The summed E-state index contributed by atoms with van der Waals surface area (Å²) in [6.07, 6.45) is 0.636. The lowest BCUT2D eigenvalue weighted by Crippen LogP contribution is -2.39. The zero-order chi connectivity index (χ0) is 23.5. The van der Waals surface area contributed by atoms with Crippen molar-refractivity contribution in [2.24, 2.45) is 0 Å². The molecule has 1 saturated heterocycles. The Bertz CT molecular complexity index is 874. The molecule has 0 aliphatic carbocycles. The van der Waals surface area contributed by atoms with Crippen molar-refractivity contribution in [1.29, 1.82) is 0 Å². The molecule has 2 heterocycles. The van der Waals surface area contributed by atoms with Crippen LogP contribution in [0.4, 0.5) is 16.3 Å². The number of aromatic nitrogens is 2. The van der Waals surface area contributed by atoms with Gasteiger partial charge in [-0.3, -0.25) is 4.79 Å². The maximum absolute atomic E-state index is 12.6. The predicted molar refractivity (Wildman–Crippen MR) is 118 cm³/mol. The van der Waals surface area contributed by atoms with Crippen LogP contribution in [-0.4, -0.2) is 91.1 Å². The van der Waals surface area contributed by atoms with E-state index in [1.54, 1.807) is 34.1 Å². The second-order valence-electron chi connectivity index (χ2n) is 6.99. The van der Waals surface area contributed by atoms with Gasteiger partial charge in [-0.05, 0) is 35.8 Å². The number of amides is 3. The van der Waals surface area contributed by atoms with Crippen LogP contribution in [0.1, 0.15) is 23.8 Å². The number of rotatable bonds is 5. The summed E-state index contributed by atoms with van der Waals surface area (Å²) < 4.78 is 10.0. The molecule has 0 radical (unpaired) electrons. The minimum atomic E-state index is -0.349. The number of ether oxygens (including phenoxy) is 1. The average molecular weight is 450 g/mol. The molecule has 3 amide bonds. The van der Waals surface area contributed by atoms with Crippen LogP contribution in [-0.2, 0) is 4.84 Å². The van der Waals surface area contributed by atoms with E-state index in [9.17, 15) is 9.59 Å². The number of urea groups is 1. The molecule has 1 aliphatic heterocycles. The van der Waals surface area contributed by atoms with Crippen molar-refractivity contribution in [3.8, 4) is 5.75 Å². The fourth-order valence-electron chi connectivity index (χ4n) is 2.86. The highest BCUT2D eigenvalue weighted by Crippen LogP contribution is 2.24. The molecule has 1 fully saturated rings. The van der Waals surface area contributed by atoms with Crippen LogP contribution >= 0.6 is 0 Å². The van der Waals surface area contributed by atoms with Crippen LogP contribution < -0.4 is 15.8 Å². The number of nitrogen functional groups attached to an aromatic ring is 1. The molecule has 1 aromatic heterocycles. The van der Waals surface area contributed by atoms with Crippen LogP contribution in [0.15, 0.2) is 28.9 Å². The number of carbonyl (C=O) groups is 2. The fourth-order valence-corrected chi connectivity index (χ4v) is 2.86. The number of hydrogen-bond acceptors (Lipinski definition) is 9. The number of nitrogens with one attached hydrogen (secondary N) is 1. The third-order valence-electron chi connectivity index (χ3n) is 4.58. The van der Waals surface area contributed by atoms with E-state index in [4.69, 9.17) is 10.5 Å². The Labute approximate surface area is 187 Å². The van der Waals surface area contributed by atoms with Crippen molar-refractivity contribution >= 4 is 23.4 Å². The summed E-state index contributed by atoms with van der Waals surface area (Å²) in [5.41, 5.74) is 6.20. The summed E-state index contributed by atoms with van der Waals surface area (Å²) in [6, 6.07) is 7.03. The Hall–Kier alpha value is -3.38. The molecule has 12 heteroatoms.